The van der Waals surface area contributed by atoms with Gasteiger partial charge in [0, 0.05) is 12.0 Å². The summed E-state index contributed by atoms with van der Waals surface area (Å²) in [6.07, 6.45) is 2.17. The predicted octanol–water partition coefficient (Wildman–Crippen LogP) is 2.42. The molecule has 0 saturated carbocycles. The fourth-order valence-corrected chi connectivity index (χ4v) is 2.45. The molecular formula is C9H10ClNO2S. The molecule has 1 atom stereocenters. The summed E-state index contributed by atoms with van der Waals surface area (Å²) in [6, 6.07) is 0. The number of ketones is 1. The van der Waals surface area contributed by atoms with E-state index < -0.39 is 0 Å². The molecule has 0 spiro atoms. The lowest BCUT2D eigenvalue weighted by atomic mass is 10.2. The number of Topliss-reactive ketones (excluding diaryl/α,β-unsaturated/α-hetero) is 1. The molecule has 0 amide bonds. The summed E-state index contributed by atoms with van der Waals surface area (Å²) in [5, 5.41) is 2.65. The van der Waals surface area contributed by atoms with E-state index in [9.17, 15) is 4.79 Å². The van der Waals surface area contributed by atoms with E-state index in [0.29, 0.717) is 5.69 Å². The van der Waals surface area contributed by atoms with Crippen molar-refractivity contribution in [3.8, 4) is 0 Å². The Morgan fingerprint density at radius 1 is 1.79 bits per heavy atom. The van der Waals surface area contributed by atoms with E-state index in [1.54, 1.807) is 5.38 Å². The van der Waals surface area contributed by atoms with E-state index in [1.165, 1.54) is 11.3 Å². The van der Waals surface area contributed by atoms with Crippen LogP contribution in [0, 0.1) is 0 Å². The number of carbonyl (C=O) groups is 1. The van der Waals surface area contributed by atoms with Gasteiger partial charge in [-0.15, -0.1) is 22.9 Å². The van der Waals surface area contributed by atoms with Crippen LogP contribution >= 0.6 is 22.9 Å². The van der Waals surface area contributed by atoms with Gasteiger partial charge in [-0.1, -0.05) is 0 Å². The minimum absolute atomic E-state index is 0.00526. The van der Waals surface area contributed by atoms with Crippen molar-refractivity contribution in [3.63, 3.8) is 0 Å². The van der Waals surface area contributed by atoms with Crippen LogP contribution in [0.5, 0.6) is 0 Å². The lowest BCUT2D eigenvalue weighted by Crippen LogP contribution is -2.02. The van der Waals surface area contributed by atoms with E-state index in [1.807, 2.05) is 0 Å². The second-order valence-electron chi connectivity index (χ2n) is 3.13. The maximum Gasteiger partial charge on any atom is 0.196 e. The zero-order valence-electron chi connectivity index (χ0n) is 7.53. The van der Waals surface area contributed by atoms with Crippen LogP contribution in [0.1, 0.15) is 34.4 Å². The SMILES string of the molecule is O=C(CCl)c1csc(C2CCCO2)n1. The van der Waals surface area contributed by atoms with Crippen molar-refractivity contribution in [2.75, 3.05) is 12.5 Å². The first-order valence-electron chi connectivity index (χ1n) is 4.47. The van der Waals surface area contributed by atoms with Crippen LogP contribution < -0.4 is 0 Å². The molecule has 3 nitrogen and oxygen atoms in total. The Kier molecular flexibility index (Phi) is 3.15. The molecule has 1 aliphatic rings. The summed E-state index contributed by atoms with van der Waals surface area (Å²) in [4.78, 5) is 15.4. The van der Waals surface area contributed by atoms with Gasteiger partial charge in [-0.05, 0) is 12.8 Å². The third-order valence-electron chi connectivity index (χ3n) is 2.13. The number of halogens is 1. The van der Waals surface area contributed by atoms with Gasteiger partial charge in [0.1, 0.15) is 16.8 Å². The molecule has 1 aromatic heterocycles. The van der Waals surface area contributed by atoms with Crippen LogP contribution in [0.3, 0.4) is 0 Å². The average Bonchev–Trinajstić information content (AvgIpc) is 2.86. The maximum absolute atomic E-state index is 11.2. The number of thiazole rings is 1. The first-order chi connectivity index (χ1) is 6.81. The summed E-state index contributed by atoms with van der Waals surface area (Å²) in [5.41, 5.74) is 0.468. The number of hydrogen-bond acceptors (Lipinski definition) is 4. The van der Waals surface area contributed by atoms with Crippen molar-refractivity contribution >= 4 is 28.7 Å². The molecule has 0 N–H and O–H groups in total. The van der Waals surface area contributed by atoms with Gasteiger partial charge in [0.2, 0.25) is 0 Å². The quantitative estimate of drug-likeness (QED) is 0.593. The molecule has 1 aliphatic heterocycles. The van der Waals surface area contributed by atoms with Crippen molar-refractivity contribution in [1.29, 1.82) is 0 Å². The second kappa shape index (κ2) is 4.38. The normalized spacial score (nSPS) is 21.4. The molecule has 2 rings (SSSR count). The summed E-state index contributed by atoms with van der Waals surface area (Å²) in [6.45, 7) is 0.795. The minimum Gasteiger partial charge on any atom is -0.371 e. The van der Waals surface area contributed by atoms with Crippen LogP contribution in [0.4, 0.5) is 0 Å². The molecule has 1 saturated heterocycles. The number of nitrogens with zero attached hydrogens (tertiary/aromatic N) is 1. The van der Waals surface area contributed by atoms with Crippen molar-refractivity contribution in [2.45, 2.75) is 18.9 Å². The number of hydrogen-bond donors (Lipinski definition) is 0. The largest absolute Gasteiger partial charge is 0.371 e. The number of rotatable bonds is 3. The van der Waals surface area contributed by atoms with Crippen LogP contribution in [0.2, 0.25) is 0 Å². The fraction of sp³-hybridized carbons (Fsp3) is 0.556. The van der Waals surface area contributed by atoms with Crippen LogP contribution in [-0.4, -0.2) is 23.3 Å². The monoisotopic (exact) mass is 231 g/mol. The highest BCUT2D eigenvalue weighted by Crippen LogP contribution is 2.30. The van der Waals surface area contributed by atoms with Crippen molar-refractivity contribution in [1.82, 2.24) is 4.98 Å². The van der Waals surface area contributed by atoms with Crippen molar-refractivity contribution in [3.05, 3.63) is 16.1 Å². The Balaban J connectivity index is 2.12. The first kappa shape index (κ1) is 10.1. The predicted molar refractivity (Wildman–Crippen MR) is 55.1 cm³/mol. The topological polar surface area (TPSA) is 39.2 Å². The molecule has 5 heteroatoms. The molecule has 0 radical (unpaired) electrons. The highest BCUT2D eigenvalue weighted by Gasteiger charge is 2.21. The lowest BCUT2D eigenvalue weighted by molar-refractivity contribution is 0.101. The Bertz CT molecular complexity index is 333. The third-order valence-corrected chi connectivity index (χ3v) is 3.31. The fourth-order valence-electron chi connectivity index (χ4n) is 1.40. The molecule has 76 valence electrons. The van der Waals surface area contributed by atoms with Crippen LogP contribution in [-0.2, 0) is 4.74 Å². The van der Waals surface area contributed by atoms with E-state index in [-0.39, 0.29) is 17.8 Å². The van der Waals surface area contributed by atoms with Crippen molar-refractivity contribution in [2.24, 2.45) is 0 Å². The van der Waals surface area contributed by atoms with E-state index in [0.717, 1.165) is 24.5 Å². The second-order valence-corrected chi connectivity index (χ2v) is 4.29. The highest BCUT2D eigenvalue weighted by atomic mass is 35.5. The molecule has 0 aliphatic carbocycles. The van der Waals surface area contributed by atoms with Crippen LogP contribution in [0.15, 0.2) is 5.38 Å². The number of aromatic nitrogens is 1. The summed E-state index contributed by atoms with van der Waals surface area (Å²) in [7, 11) is 0. The molecule has 1 aromatic rings. The Morgan fingerprint density at radius 3 is 3.29 bits per heavy atom. The summed E-state index contributed by atoms with van der Waals surface area (Å²) >= 11 is 6.91. The molecule has 14 heavy (non-hydrogen) atoms. The number of alkyl halides is 1. The first-order valence-corrected chi connectivity index (χ1v) is 5.89. The Morgan fingerprint density at radius 2 is 2.64 bits per heavy atom. The zero-order valence-corrected chi connectivity index (χ0v) is 9.11. The number of carbonyl (C=O) groups excluding carboxylic acids is 1. The number of ether oxygens (including phenoxy) is 1. The molecule has 2 heterocycles. The standard InChI is InChI=1S/C9H10ClNO2S/c10-4-7(12)6-5-14-9(11-6)8-2-1-3-13-8/h5,8H,1-4H2. The van der Waals surface area contributed by atoms with Gasteiger partial charge in [-0.25, -0.2) is 4.98 Å². The molecule has 0 bridgehead atoms. The van der Waals surface area contributed by atoms with Gasteiger partial charge in [0.15, 0.2) is 5.78 Å². The van der Waals surface area contributed by atoms with E-state index in [4.69, 9.17) is 16.3 Å². The lowest BCUT2D eigenvalue weighted by Gasteiger charge is -2.03. The highest BCUT2D eigenvalue weighted by molar-refractivity contribution is 7.09. The third kappa shape index (κ3) is 1.97. The molecular weight excluding hydrogens is 222 g/mol. The Hall–Kier alpha value is -0.450. The van der Waals surface area contributed by atoms with Gasteiger partial charge >= 0.3 is 0 Å². The van der Waals surface area contributed by atoms with E-state index in [2.05, 4.69) is 4.98 Å². The van der Waals surface area contributed by atoms with Gasteiger partial charge < -0.3 is 4.74 Å². The summed E-state index contributed by atoms with van der Waals surface area (Å²) < 4.78 is 5.47. The van der Waals surface area contributed by atoms with Gasteiger partial charge in [-0.2, -0.15) is 0 Å². The van der Waals surface area contributed by atoms with Crippen molar-refractivity contribution < 1.29 is 9.53 Å². The maximum atomic E-state index is 11.2. The Labute approximate surface area is 91.1 Å². The minimum atomic E-state index is -0.118. The average molecular weight is 232 g/mol. The smallest absolute Gasteiger partial charge is 0.196 e. The van der Waals surface area contributed by atoms with Gasteiger partial charge in [0.05, 0.1) is 5.88 Å². The molecule has 1 unspecified atom stereocenters. The van der Waals surface area contributed by atoms with Crippen LogP contribution in [0.25, 0.3) is 0 Å². The van der Waals surface area contributed by atoms with Gasteiger partial charge in [0.25, 0.3) is 0 Å². The molecule has 0 aromatic carbocycles. The van der Waals surface area contributed by atoms with Gasteiger partial charge in [-0.3, -0.25) is 4.79 Å². The van der Waals surface area contributed by atoms with E-state index >= 15 is 0 Å². The zero-order chi connectivity index (χ0) is 9.97. The summed E-state index contributed by atoms with van der Waals surface area (Å²) in [5.74, 6) is -0.124. The molecule has 1 fully saturated rings.